The Morgan fingerprint density at radius 2 is 2.00 bits per heavy atom. The Bertz CT molecular complexity index is 581. The molecule has 2 aliphatic rings. The Morgan fingerprint density at radius 1 is 1.28 bits per heavy atom. The second kappa shape index (κ2) is 9.14. The van der Waals surface area contributed by atoms with Gasteiger partial charge in [0.1, 0.15) is 12.4 Å². The minimum absolute atomic E-state index is 0. The molecule has 0 spiro atoms. The minimum atomic E-state index is -0.113. The zero-order chi connectivity index (χ0) is 17.0. The SMILES string of the molecule is O=C(NCC12CCCC(CCC1)C2)c1cc(OCCCl)ccc1Cl.[CH2]. The molecule has 3 rings (SSSR count). The van der Waals surface area contributed by atoms with Crippen LogP contribution in [0, 0.1) is 18.8 Å². The van der Waals surface area contributed by atoms with Crippen molar-refractivity contribution in [2.45, 2.75) is 44.9 Å². The normalized spacial score (nSPS) is 25.0. The Labute approximate surface area is 161 Å². The maximum absolute atomic E-state index is 12.6. The first-order chi connectivity index (χ1) is 11.6. The largest absolute Gasteiger partial charge is 0.492 e. The third kappa shape index (κ3) is 5.04. The number of fused-ring (bicyclic) bond motifs is 2. The average molecular weight is 384 g/mol. The van der Waals surface area contributed by atoms with Crippen LogP contribution in [0.25, 0.3) is 0 Å². The smallest absolute Gasteiger partial charge is 0.252 e. The van der Waals surface area contributed by atoms with E-state index in [-0.39, 0.29) is 13.3 Å². The van der Waals surface area contributed by atoms with E-state index in [9.17, 15) is 4.79 Å². The van der Waals surface area contributed by atoms with Crippen molar-refractivity contribution in [3.05, 3.63) is 36.2 Å². The van der Waals surface area contributed by atoms with Crippen molar-refractivity contribution in [1.29, 1.82) is 0 Å². The summed E-state index contributed by atoms with van der Waals surface area (Å²) in [7, 11) is 0. The predicted molar refractivity (Wildman–Crippen MR) is 104 cm³/mol. The summed E-state index contributed by atoms with van der Waals surface area (Å²) in [6, 6.07) is 5.17. The summed E-state index contributed by atoms with van der Waals surface area (Å²) in [5.41, 5.74) is 0.777. The molecule has 0 aromatic heterocycles. The molecule has 3 nitrogen and oxygen atoms in total. The molecule has 1 aromatic rings. The highest BCUT2D eigenvalue weighted by Crippen LogP contribution is 2.48. The molecule has 2 fully saturated rings. The molecule has 0 aliphatic heterocycles. The van der Waals surface area contributed by atoms with Crippen molar-refractivity contribution >= 4 is 29.1 Å². The van der Waals surface area contributed by atoms with Crippen molar-refractivity contribution in [2.75, 3.05) is 19.0 Å². The van der Waals surface area contributed by atoms with Gasteiger partial charge in [0.2, 0.25) is 0 Å². The van der Waals surface area contributed by atoms with E-state index in [4.69, 9.17) is 27.9 Å². The van der Waals surface area contributed by atoms with Gasteiger partial charge in [0.15, 0.2) is 0 Å². The van der Waals surface area contributed by atoms with E-state index in [1.807, 2.05) is 0 Å². The number of hydrogen-bond acceptors (Lipinski definition) is 2. The van der Waals surface area contributed by atoms with Crippen molar-refractivity contribution in [2.24, 2.45) is 11.3 Å². The van der Waals surface area contributed by atoms with Gasteiger partial charge in [-0.05, 0) is 48.8 Å². The predicted octanol–water partition coefficient (Wildman–Crippen LogP) is 5.38. The zero-order valence-electron chi connectivity index (χ0n) is 14.7. The number of ether oxygens (including phenoxy) is 1. The lowest BCUT2D eigenvalue weighted by Gasteiger charge is -2.45. The van der Waals surface area contributed by atoms with Gasteiger partial charge < -0.3 is 10.1 Å². The van der Waals surface area contributed by atoms with Crippen LogP contribution in [-0.4, -0.2) is 24.9 Å². The standard InChI is InChI=1S/C19H25Cl2NO2.CH2/c20-9-10-24-15-5-6-17(21)16(11-15)18(23)22-13-19-7-1-3-14(12-19)4-2-8-19;/h5-6,11,14H,1-4,7-10,12-13H2,(H,22,23);1H2. The third-order valence-corrected chi connectivity index (χ3v) is 6.00. The second-order valence-electron chi connectivity index (χ2n) is 7.22. The molecule has 0 heterocycles. The summed E-state index contributed by atoms with van der Waals surface area (Å²) in [5, 5.41) is 3.59. The fourth-order valence-electron chi connectivity index (χ4n) is 4.36. The summed E-state index contributed by atoms with van der Waals surface area (Å²) in [6.07, 6.45) is 9.04. The summed E-state index contributed by atoms with van der Waals surface area (Å²) < 4.78 is 5.49. The van der Waals surface area contributed by atoms with Crippen LogP contribution in [-0.2, 0) is 0 Å². The second-order valence-corrected chi connectivity index (χ2v) is 8.00. The number of alkyl halides is 1. The number of hydrogen-bond donors (Lipinski definition) is 1. The molecule has 0 saturated heterocycles. The molecule has 1 N–H and O–H groups in total. The van der Waals surface area contributed by atoms with Crippen molar-refractivity contribution in [3.63, 3.8) is 0 Å². The number of carbonyl (C=O) groups is 1. The van der Waals surface area contributed by atoms with Crippen LogP contribution in [0.3, 0.4) is 0 Å². The molecular weight excluding hydrogens is 357 g/mol. The van der Waals surface area contributed by atoms with Crippen molar-refractivity contribution in [3.8, 4) is 5.75 Å². The van der Waals surface area contributed by atoms with Crippen molar-refractivity contribution in [1.82, 2.24) is 5.32 Å². The Balaban J connectivity index is 0.00000225. The minimum Gasteiger partial charge on any atom is -0.492 e. The quantitative estimate of drug-likeness (QED) is 0.669. The van der Waals surface area contributed by atoms with Crippen LogP contribution in [0.2, 0.25) is 5.02 Å². The van der Waals surface area contributed by atoms with Crippen LogP contribution < -0.4 is 10.1 Å². The molecule has 25 heavy (non-hydrogen) atoms. The highest BCUT2D eigenvalue weighted by molar-refractivity contribution is 6.33. The topological polar surface area (TPSA) is 38.3 Å². The van der Waals surface area contributed by atoms with Gasteiger partial charge in [0.05, 0.1) is 16.5 Å². The molecule has 5 heteroatoms. The summed E-state index contributed by atoms with van der Waals surface area (Å²) in [5.74, 6) is 1.78. The number of halogens is 2. The zero-order valence-corrected chi connectivity index (χ0v) is 16.2. The van der Waals surface area contributed by atoms with Crippen LogP contribution in [0.1, 0.15) is 55.3 Å². The molecule has 1 amide bonds. The van der Waals surface area contributed by atoms with Gasteiger partial charge >= 0.3 is 0 Å². The highest BCUT2D eigenvalue weighted by Gasteiger charge is 2.39. The van der Waals surface area contributed by atoms with Crippen molar-refractivity contribution < 1.29 is 9.53 Å². The van der Waals surface area contributed by atoms with Gasteiger partial charge in [-0.25, -0.2) is 0 Å². The van der Waals surface area contributed by atoms with Gasteiger partial charge in [-0.2, -0.15) is 0 Å². The van der Waals surface area contributed by atoms with E-state index in [0.717, 1.165) is 12.5 Å². The van der Waals surface area contributed by atoms with E-state index < -0.39 is 0 Å². The molecule has 2 bridgehead atoms. The number of amides is 1. The summed E-state index contributed by atoms with van der Waals surface area (Å²) in [6.45, 7) is 1.17. The van der Waals surface area contributed by atoms with Crippen LogP contribution >= 0.6 is 23.2 Å². The lowest BCUT2D eigenvalue weighted by Crippen LogP contribution is -2.43. The van der Waals surface area contributed by atoms with Gasteiger partial charge in [-0.15, -0.1) is 11.6 Å². The van der Waals surface area contributed by atoms with Gasteiger partial charge in [0.25, 0.3) is 5.91 Å². The van der Waals surface area contributed by atoms with Crippen LogP contribution in [0.15, 0.2) is 18.2 Å². The average Bonchev–Trinajstić information content (AvgIpc) is 2.59. The van der Waals surface area contributed by atoms with E-state index >= 15 is 0 Å². The molecular formula is C20H27Cl2NO2. The van der Waals surface area contributed by atoms with Crippen LogP contribution in [0.5, 0.6) is 5.75 Å². The maximum Gasteiger partial charge on any atom is 0.252 e. The number of carbonyl (C=O) groups excluding carboxylic acids is 1. The molecule has 2 aliphatic carbocycles. The molecule has 2 radical (unpaired) electrons. The summed E-state index contributed by atoms with van der Waals surface area (Å²) in [4.78, 5) is 12.6. The first kappa shape index (κ1) is 20.4. The van der Waals surface area contributed by atoms with Crippen LogP contribution in [0.4, 0.5) is 0 Å². The number of nitrogens with one attached hydrogen (secondary N) is 1. The molecule has 138 valence electrons. The lowest BCUT2D eigenvalue weighted by atomic mass is 9.62. The highest BCUT2D eigenvalue weighted by atomic mass is 35.5. The van der Waals surface area contributed by atoms with Gasteiger partial charge in [0, 0.05) is 6.54 Å². The fraction of sp³-hybridized carbons (Fsp3) is 0.600. The van der Waals surface area contributed by atoms with E-state index in [0.29, 0.717) is 34.2 Å². The lowest BCUT2D eigenvalue weighted by molar-refractivity contribution is 0.0681. The number of rotatable bonds is 6. The fourth-order valence-corrected chi connectivity index (χ4v) is 4.64. The molecule has 1 aromatic carbocycles. The maximum atomic E-state index is 12.6. The Morgan fingerprint density at radius 3 is 2.68 bits per heavy atom. The Kier molecular flexibility index (Phi) is 7.45. The first-order valence-corrected chi connectivity index (χ1v) is 9.80. The van der Waals surface area contributed by atoms with E-state index in [2.05, 4.69) is 5.32 Å². The molecule has 2 saturated carbocycles. The molecule has 0 unspecified atom stereocenters. The van der Waals surface area contributed by atoms with E-state index in [1.165, 1.54) is 44.9 Å². The number of benzene rings is 1. The summed E-state index contributed by atoms with van der Waals surface area (Å²) >= 11 is 11.8. The van der Waals surface area contributed by atoms with Gasteiger partial charge in [-0.1, -0.05) is 44.7 Å². The van der Waals surface area contributed by atoms with E-state index in [1.54, 1.807) is 18.2 Å². The van der Waals surface area contributed by atoms with Gasteiger partial charge in [-0.3, -0.25) is 4.79 Å². The first-order valence-electron chi connectivity index (χ1n) is 8.88. The third-order valence-electron chi connectivity index (χ3n) is 5.51. The molecule has 0 atom stereocenters. The Hall–Kier alpha value is -0.930. The monoisotopic (exact) mass is 383 g/mol.